The van der Waals surface area contributed by atoms with Gasteiger partial charge in [0.05, 0.1) is 12.4 Å². The van der Waals surface area contributed by atoms with Crippen LogP contribution in [0.25, 0.3) is 0 Å². The number of nitrogens with one attached hydrogen (secondary N) is 1. The molecule has 1 aliphatic carbocycles. The van der Waals surface area contributed by atoms with E-state index in [0.717, 1.165) is 25.7 Å². The molecule has 8 heteroatoms. The van der Waals surface area contributed by atoms with Crippen molar-refractivity contribution in [3.8, 4) is 0 Å². The molecule has 134 valence electrons. The molecule has 2 aromatic rings. The molecule has 3 heterocycles. The van der Waals surface area contributed by atoms with Crippen molar-refractivity contribution in [3.05, 3.63) is 48.6 Å². The van der Waals surface area contributed by atoms with Crippen molar-refractivity contribution in [2.75, 3.05) is 13.1 Å². The fraction of sp³-hybridized carbons (Fsp3) is 0.444. The Balaban J connectivity index is 1.36. The van der Waals surface area contributed by atoms with E-state index >= 15 is 0 Å². The average Bonchev–Trinajstić information content (AvgIpc) is 2.72. The van der Waals surface area contributed by atoms with Gasteiger partial charge in [-0.1, -0.05) is 0 Å². The lowest BCUT2D eigenvalue weighted by Crippen LogP contribution is -2.59. The third-order valence-electron chi connectivity index (χ3n) is 5.60. The van der Waals surface area contributed by atoms with Crippen molar-refractivity contribution in [1.29, 1.82) is 0 Å². The Morgan fingerprint density at radius 3 is 2.15 bits per heavy atom. The fourth-order valence-electron chi connectivity index (χ4n) is 3.90. The summed E-state index contributed by atoms with van der Waals surface area (Å²) in [6.45, 7) is 1.35. The summed E-state index contributed by atoms with van der Waals surface area (Å²) < 4.78 is 0. The molecule has 26 heavy (non-hydrogen) atoms. The number of hydrogen-bond acceptors (Lipinski definition) is 6. The Morgan fingerprint density at radius 2 is 1.62 bits per heavy atom. The average molecular weight is 352 g/mol. The van der Waals surface area contributed by atoms with Crippen LogP contribution in [-0.4, -0.2) is 55.8 Å². The Labute approximate surface area is 151 Å². The maximum atomic E-state index is 12.5. The predicted molar refractivity (Wildman–Crippen MR) is 92.1 cm³/mol. The van der Waals surface area contributed by atoms with Crippen LogP contribution in [0.15, 0.2) is 37.2 Å². The lowest BCUT2D eigenvalue weighted by molar-refractivity contribution is -0.00258. The van der Waals surface area contributed by atoms with Gasteiger partial charge in [-0.25, -0.2) is 9.97 Å². The van der Waals surface area contributed by atoms with Gasteiger partial charge in [-0.3, -0.25) is 19.6 Å². The molecular formula is C18H20N6O2. The number of carbonyl (C=O) groups excluding carboxylic acids is 2. The maximum Gasteiger partial charge on any atom is 0.274 e. The van der Waals surface area contributed by atoms with Gasteiger partial charge >= 0.3 is 0 Å². The van der Waals surface area contributed by atoms with Crippen LogP contribution in [0, 0.1) is 5.41 Å². The highest BCUT2D eigenvalue weighted by atomic mass is 16.2. The van der Waals surface area contributed by atoms with Gasteiger partial charge in [0.2, 0.25) is 0 Å². The Morgan fingerprint density at radius 1 is 0.962 bits per heavy atom. The zero-order valence-electron chi connectivity index (χ0n) is 14.3. The number of nitrogens with zero attached hydrogens (tertiary/aromatic N) is 5. The molecule has 2 fully saturated rings. The summed E-state index contributed by atoms with van der Waals surface area (Å²) in [7, 11) is 0. The first-order valence-electron chi connectivity index (χ1n) is 8.80. The van der Waals surface area contributed by atoms with Gasteiger partial charge < -0.3 is 10.2 Å². The number of piperidine rings is 1. The lowest BCUT2D eigenvalue weighted by Gasteiger charge is -2.53. The highest BCUT2D eigenvalue weighted by Crippen LogP contribution is 2.49. The van der Waals surface area contributed by atoms with E-state index in [4.69, 9.17) is 0 Å². The van der Waals surface area contributed by atoms with Crippen molar-refractivity contribution >= 4 is 11.8 Å². The highest BCUT2D eigenvalue weighted by molar-refractivity contribution is 5.92. The third-order valence-corrected chi connectivity index (χ3v) is 5.60. The van der Waals surface area contributed by atoms with Crippen molar-refractivity contribution in [1.82, 2.24) is 30.2 Å². The van der Waals surface area contributed by atoms with Crippen molar-refractivity contribution in [2.45, 2.75) is 31.7 Å². The zero-order chi connectivity index (χ0) is 18.0. The van der Waals surface area contributed by atoms with Gasteiger partial charge in [-0.15, -0.1) is 0 Å². The molecule has 2 aliphatic rings. The molecule has 1 spiro atoms. The fourth-order valence-corrected chi connectivity index (χ4v) is 3.90. The molecule has 0 aromatic carbocycles. The normalized spacial score (nSPS) is 21.1. The minimum Gasteiger partial charge on any atom is -0.347 e. The van der Waals surface area contributed by atoms with E-state index in [1.165, 1.54) is 24.8 Å². The molecule has 1 aliphatic heterocycles. The first-order valence-corrected chi connectivity index (χ1v) is 8.80. The molecule has 2 amide bonds. The molecule has 0 bridgehead atoms. The van der Waals surface area contributed by atoms with Crippen LogP contribution in [0.2, 0.25) is 0 Å². The smallest absolute Gasteiger partial charge is 0.274 e. The number of hydrogen-bond donors (Lipinski definition) is 1. The molecule has 1 saturated carbocycles. The van der Waals surface area contributed by atoms with E-state index in [1.54, 1.807) is 12.4 Å². The van der Waals surface area contributed by atoms with E-state index in [1.807, 2.05) is 4.90 Å². The number of likely N-dealkylation sites (tertiary alicyclic amines) is 1. The summed E-state index contributed by atoms with van der Waals surface area (Å²) in [5.41, 5.74) is 0.797. The van der Waals surface area contributed by atoms with E-state index in [0.29, 0.717) is 24.5 Å². The van der Waals surface area contributed by atoms with Gasteiger partial charge in [0.25, 0.3) is 11.8 Å². The van der Waals surface area contributed by atoms with Crippen LogP contribution in [0.1, 0.15) is 46.7 Å². The Kier molecular flexibility index (Phi) is 4.32. The van der Waals surface area contributed by atoms with Gasteiger partial charge in [-0.2, -0.15) is 0 Å². The van der Waals surface area contributed by atoms with Gasteiger partial charge in [0.15, 0.2) is 0 Å². The summed E-state index contributed by atoms with van der Waals surface area (Å²) in [4.78, 5) is 42.7. The molecule has 8 nitrogen and oxygen atoms in total. The first kappa shape index (κ1) is 16.6. The van der Waals surface area contributed by atoms with Crippen LogP contribution in [-0.2, 0) is 0 Å². The molecule has 1 saturated heterocycles. The van der Waals surface area contributed by atoms with Crippen LogP contribution in [0.3, 0.4) is 0 Å². The maximum absolute atomic E-state index is 12.5. The minimum atomic E-state index is -0.180. The second-order valence-electron chi connectivity index (χ2n) is 6.90. The Bertz CT molecular complexity index is 790. The van der Waals surface area contributed by atoms with Crippen LogP contribution >= 0.6 is 0 Å². The topological polar surface area (TPSA) is 101 Å². The molecular weight excluding hydrogens is 332 g/mol. The molecule has 0 radical (unpaired) electrons. The van der Waals surface area contributed by atoms with Crippen molar-refractivity contribution < 1.29 is 9.59 Å². The SMILES string of the molecule is O=C(N[C@@H]1CCC12CCN(C(=O)c1cnccn1)CC2)c1cnccn1. The highest BCUT2D eigenvalue weighted by Gasteiger charge is 2.49. The summed E-state index contributed by atoms with van der Waals surface area (Å²) >= 11 is 0. The molecule has 1 N–H and O–H groups in total. The summed E-state index contributed by atoms with van der Waals surface area (Å²) in [6.07, 6.45) is 12.9. The summed E-state index contributed by atoms with van der Waals surface area (Å²) in [5, 5.41) is 3.10. The largest absolute Gasteiger partial charge is 0.347 e. The lowest BCUT2D eigenvalue weighted by atomic mass is 9.59. The Hall–Kier alpha value is -2.90. The second-order valence-corrected chi connectivity index (χ2v) is 6.90. The van der Waals surface area contributed by atoms with Crippen molar-refractivity contribution in [3.63, 3.8) is 0 Å². The van der Waals surface area contributed by atoms with Crippen LogP contribution in [0.5, 0.6) is 0 Å². The van der Waals surface area contributed by atoms with Crippen molar-refractivity contribution in [2.24, 2.45) is 5.41 Å². The van der Waals surface area contributed by atoms with E-state index in [-0.39, 0.29) is 23.3 Å². The monoisotopic (exact) mass is 352 g/mol. The number of carbonyl (C=O) groups is 2. The second kappa shape index (κ2) is 6.78. The molecule has 0 unspecified atom stereocenters. The number of rotatable bonds is 3. The first-order chi connectivity index (χ1) is 12.7. The standard InChI is InChI=1S/C18H20N6O2/c25-16(13-11-19-5-7-21-13)23-15-1-2-18(15)3-9-24(10-4-18)17(26)14-12-20-6-8-22-14/h5-8,11-12,15H,1-4,9-10H2,(H,23,25)/t15-/m1/s1. The van der Waals surface area contributed by atoms with E-state index in [2.05, 4.69) is 25.3 Å². The quantitative estimate of drug-likeness (QED) is 0.887. The summed E-state index contributed by atoms with van der Waals surface area (Å²) in [5.74, 6) is -0.257. The van der Waals surface area contributed by atoms with E-state index < -0.39 is 0 Å². The minimum absolute atomic E-state index is 0.0765. The zero-order valence-corrected chi connectivity index (χ0v) is 14.3. The molecule has 4 rings (SSSR count). The van der Waals surface area contributed by atoms with E-state index in [9.17, 15) is 9.59 Å². The van der Waals surface area contributed by atoms with Gasteiger partial charge in [0, 0.05) is 43.9 Å². The summed E-state index contributed by atoms with van der Waals surface area (Å²) in [6, 6.07) is 0.130. The van der Waals surface area contributed by atoms with Crippen LogP contribution < -0.4 is 5.32 Å². The van der Waals surface area contributed by atoms with Gasteiger partial charge in [-0.05, 0) is 31.1 Å². The third kappa shape index (κ3) is 3.02. The van der Waals surface area contributed by atoms with Gasteiger partial charge in [0.1, 0.15) is 11.4 Å². The number of amides is 2. The molecule has 1 atom stereocenters. The number of aromatic nitrogens is 4. The molecule has 2 aromatic heterocycles. The predicted octanol–water partition coefficient (Wildman–Crippen LogP) is 1.08. The van der Waals surface area contributed by atoms with Crippen LogP contribution in [0.4, 0.5) is 0 Å².